The summed E-state index contributed by atoms with van der Waals surface area (Å²) in [5.41, 5.74) is 0.611. The molecule has 0 fully saturated rings. The molecule has 8 heteroatoms. The van der Waals surface area contributed by atoms with Crippen molar-refractivity contribution < 1.29 is 22.8 Å². The van der Waals surface area contributed by atoms with E-state index in [1.165, 1.54) is 42.4 Å². The lowest BCUT2D eigenvalue weighted by Gasteiger charge is -2.16. The molecule has 2 aromatic carbocycles. The van der Waals surface area contributed by atoms with E-state index in [-0.39, 0.29) is 31.1 Å². The second-order valence-corrected chi connectivity index (χ2v) is 6.41. The third-order valence-electron chi connectivity index (χ3n) is 4.16. The van der Waals surface area contributed by atoms with Crippen LogP contribution in [0.1, 0.15) is 12.3 Å². The van der Waals surface area contributed by atoms with Gasteiger partial charge >= 0.3 is 0 Å². The van der Waals surface area contributed by atoms with Gasteiger partial charge in [-0.05, 0) is 30.3 Å². The highest BCUT2D eigenvalue weighted by Crippen LogP contribution is 2.23. The zero-order valence-electron chi connectivity index (χ0n) is 15.7. The van der Waals surface area contributed by atoms with Crippen LogP contribution in [-0.2, 0) is 16.0 Å². The lowest BCUT2D eigenvalue weighted by molar-refractivity contribution is -0.133. The number of aryl methyl sites for hydroxylation is 1. The number of nitrogens with zero attached hydrogens (tertiary/aromatic N) is 2. The van der Waals surface area contributed by atoms with E-state index in [9.17, 15) is 18.4 Å². The Balaban J connectivity index is 1.50. The molecule has 1 aromatic heterocycles. The lowest BCUT2D eigenvalue weighted by atomic mass is 10.2. The number of hydrogen-bond donors (Lipinski definition) is 1. The van der Waals surface area contributed by atoms with Gasteiger partial charge in [0.15, 0.2) is 11.7 Å². The number of amides is 2. The maximum Gasteiger partial charge on any atom is 0.243 e. The van der Waals surface area contributed by atoms with Gasteiger partial charge in [-0.15, -0.1) is 0 Å². The highest BCUT2D eigenvalue weighted by atomic mass is 19.1. The number of aromatic nitrogens is 1. The summed E-state index contributed by atoms with van der Waals surface area (Å²) >= 11 is 0. The molecule has 6 nitrogen and oxygen atoms in total. The second kappa shape index (κ2) is 9.09. The highest BCUT2D eigenvalue weighted by molar-refractivity contribution is 5.94. The number of carbonyl (C=O) groups excluding carboxylic acids is 2. The number of nitrogens with one attached hydrogen (secondary N) is 1. The molecule has 0 bridgehead atoms. The van der Waals surface area contributed by atoms with Crippen LogP contribution in [0.2, 0.25) is 0 Å². The molecule has 0 spiro atoms. The van der Waals surface area contributed by atoms with Crippen molar-refractivity contribution >= 4 is 17.5 Å². The number of anilines is 1. The number of carbonyl (C=O) groups is 2. The number of rotatable bonds is 7. The molecule has 0 atom stereocenters. The topological polar surface area (TPSA) is 75.4 Å². The number of halogens is 2. The molecule has 29 heavy (non-hydrogen) atoms. The SMILES string of the molecule is CN(CC(=O)Nc1cccc(F)c1)C(=O)CCc1ncc(-c2ccccc2F)o1. The maximum atomic E-state index is 13.8. The molecular weight excluding hydrogens is 380 g/mol. The molecule has 0 aliphatic heterocycles. The van der Waals surface area contributed by atoms with Crippen LogP contribution < -0.4 is 5.32 Å². The van der Waals surface area contributed by atoms with Crippen LogP contribution >= 0.6 is 0 Å². The molecule has 0 saturated carbocycles. The summed E-state index contributed by atoms with van der Waals surface area (Å²) in [4.78, 5) is 29.6. The van der Waals surface area contributed by atoms with E-state index < -0.39 is 17.5 Å². The molecule has 150 valence electrons. The van der Waals surface area contributed by atoms with Crippen molar-refractivity contribution in [1.29, 1.82) is 0 Å². The standard InChI is InChI=1S/C21H19F2N3O3/c1-26(13-19(27)25-15-6-4-5-14(22)11-15)21(28)10-9-20-24-12-18(29-20)16-7-2-3-8-17(16)23/h2-8,11-12H,9-10,13H2,1H3,(H,25,27). The minimum Gasteiger partial charge on any atom is -0.441 e. The van der Waals surface area contributed by atoms with Crippen molar-refractivity contribution in [2.75, 3.05) is 18.9 Å². The van der Waals surface area contributed by atoms with Gasteiger partial charge in [0, 0.05) is 25.6 Å². The van der Waals surface area contributed by atoms with Gasteiger partial charge in [0.2, 0.25) is 11.8 Å². The first-order valence-electron chi connectivity index (χ1n) is 8.91. The van der Waals surface area contributed by atoms with Crippen molar-refractivity contribution in [1.82, 2.24) is 9.88 Å². The molecule has 3 aromatic rings. The Morgan fingerprint density at radius 1 is 1.14 bits per heavy atom. The monoisotopic (exact) mass is 399 g/mol. The molecule has 0 aliphatic carbocycles. The highest BCUT2D eigenvalue weighted by Gasteiger charge is 2.16. The Morgan fingerprint density at radius 3 is 2.69 bits per heavy atom. The van der Waals surface area contributed by atoms with Gasteiger partial charge in [-0.3, -0.25) is 9.59 Å². The normalized spacial score (nSPS) is 10.6. The van der Waals surface area contributed by atoms with Crippen LogP contribution in [0.15, 0.2) is 59.1 Å². The van der Waals surface area contributed by atoms with Gasteiger partial charge in [-0.25, -0.2) is 13.8 Å². The van der Waals surface area contributed by atoms with Crippen LogP contribution in [0.4, 0.5) is 14.5 Å². The Labute approximate surface area is 166 Å². The fourth-order valence-corrected chi connectivity index (χ4v) is 2.69. The summed E-state index contributed by atoms with van der Waals surface area (Å²) in [5, 5.41) is 2.53. The van der Waals surface area contributed by atoms with Crippen molar-refractivity contribution in [2.24, 2.45) is 0 Å². The van der Waals surface area contributed by atoms with Crippen LogP contribution in [0.5, 0.6) is 0 Å². The van der Waals surface area contributed by atoms with Gasteiger partial charge in [0.25, 0.3) is 0 Å². The molecule has 1 heterocycles. The first-order chi connectivity index (χ1) is 13.9. The Morgan fingerprint density at radius 2 is 1.93 bits per heavy atom. The summed E-state index contributed by atoms with van der Waals surface area (Å²) in [5.74, 6) is -1.03. The number of benzene rings is 2. The number of hydrogen-bond acceptors (Lipinski definition) is 4. The van der Waals surface area contributed by atoms with E-state index in [4.69, 9.17) is 4.42 Å². The average Bonchev–Trinajstić information content (AvgIpc) is 3.15. The number of oxazole rings is 1. The van der Waals surface area contributed by atoms with Crippen LogP contribution in [0.25, 0.3) is 11.3 Å². The van der Waals surface area contributed by atoms with Crippen LogP contribution in [-0.4, -0.2) is 35.3 Å². The first kappa shape index (κ1) is 20.2. The maximum absolute atomic E-state index is 13.8. The van der Waals surface area contributed by atoms with Crippen molar-refractivity contribution in [3.8, 4) is 11.3 Å². The second-order valence-electron chi connectivity index (χ2n) is 6.41. The van der Waals surface area contributed by atoms with Crippen molar-refractivity contribution in [2.45, 2.75) is 12.8 Å². The summed E-state index contributed by atoms with van der Waals surface area (Å²) in [6.45, 7) is -0.179. The third-order valence-corrected chi connectivity index (χ3v) is 4.16. The Bertz CT molecular complexity index is 1020. The molecular formula is C21H19F2N3O3. The predicted octanol–water partition coefficient (Wildman–Crippen LogP) is 3.65. The summed E-state index contributed by atoms with van der Waals surface area (Å²) in [6.07, 6.45) is 1.69. The fourth-order valence-electron chi connectivity index (χ4n) is 2.69. The van der Waals surface area contributed by atoms with E-state index in [1.807, 2.05) is 0 Å². The zero-order chi connectivity index (χ0) is 20.8. The van der Waals surface area contributed by atoms with Gasteiger partial charge in [-0.2, -0.15) is 0 Å². The largest absolute Gasteiger partial charge is 0.441 e. The Hall–Kier alpha value is -3.55. The van der Waals surface area contributed by atoms with Gasteiger partial charge in [0.05, 0.1) is 18.3 Å². The third kappa shape index (κ3) is 5.47. The molecule has 2 amide bonds. The summed E-state index contributed by atoms with van der Waals surface area (Å²) in [6, 6.07) is 11.7. The minimum atomic E-state index is -0.465. The molecule has 0 unspecified atom stereocenters. The summed E-state index contributed by atoms with van der Waals surface area (Å²) in [7, 11) is 1.49. The van der Waals surface area contributed by atoms with E-state index in [2.05, 4.69) is 10.3 Å². The molecule has 1 N–H and O–H groups in total. The van der Waals surface area contributed by atoms with E-state index in [1.54, 1.807) is 24.3 Å². The first-order valence-corrected chi connectivity index (χ1v) is 8.91. The van der Waals surface area contributed by atoms with E-state index >= 15 is 0 Å². The van der Waals surface area contributed by atoms with Crippen LogP contribution in [0, 0.1) is 11.6 Å². The van der Waals surface area contributed by atoms with E-state index in [0.29, 0.717) is 17.1 Å². The van der Waals surface area contributed by atoms with Crippen molar-refractivity contribution in [3.63, 3.8) is 0 Å². The molecule has 0 saturated heterocycles. The molecule has 0 aliphatic rings. The fraction of sp³-hybridized carbons (Fsp3) is 0.190. The smallest absolute Gasteiger partial charge is 0.243 e. The predicted molar refractivity (Wildman–Crippen MR) is 103 cm³/mol. The molecule has 0 radical (unpaired) electrons. The minimum absolute atomic E-state index is 0.0704. The summed E-state index contributed by atoms with van der Waals surface area (Å²) < 4.78 is 32.5. The van der Waals surface area contributed by atoms with Gasteiger partial charge in [0.1, 0.15) is 11.6 Å². The lowest BCUT2D eigenvalue weighted by Crippen LogP contribution is -2.35. The van der Waals surface area contributed by atoms with Gasteiger partial charge < -0.3 is 14.6 Å². The van der Waals surface area contributed by atoms with Crippen LogP contribution in [0.3, 0.4) is 0 Å². The quantitative estimate of drug-likeness (QED) is 0.658. The van der Waals surface area contributed by atoms with Gasteiger partial charge in [-0.1, -0.05) is 18.2 Å². The molecule has 3 rings (SSSR count). The van der Waals surface area contributed by atoms with E-state index in [0.717, 1.165) is 0 Å². The number of likely N-dealkylation sites (N-methyl/N-ethyl adjacent to an activating group) is 1. The zero-order valence-corrected chi connectivity index (χ0v) is 15.7. The average molecular weight is 399 g/mol. The Kier molecular flexibility index (Phi) is 6.33. The van der Waals surface area contributed by atoms with Crippen molar-refractivity contribution in [3.05, 3.63) is 72.3 Å².